The van der Waals surface area contributed by atoms with Crippen molar-refractivity contribution in [2.24, 2.45) is 0 Å². The molecule has 1 N–H and O–H groups in total. The van der Waals surface area contributed by atoms with E-state index in [0.717, 1.165) is 17.2 Å². The fraction of sp³-hybridized carbons (Fsp3) is 0.629. The molecule has 264 valence electrons. The number of ether oxygens (including phenoxy) is 2. The first-order valence-electron chi connectivity index (χ1n) is 16.0. The normalized spacial score (nSPS) is 19.1. The summed E-state index contributed by atoms with van der Waals surface area (Å²) in [6.07, 6.45) is -3.03. The minimum absolute atomic E-state index is 0.131. The first kappa shape index (κ1) is 38.9. The summed E-state index contributed by atoms with van der Waals surface area (Å²) >= 11 is 0. The lowest BCUT2D eigenvalue weighted by Crippen LogP contribution is -2.51. The number of aryl methyl sites for hydroxylation is 3. The van der Waals surface area contributed by atoms with Crippen LogP contribution in [-0.4, -0.2) is 41.6 Å². The highest BCUT2D eigenvalue weighted by atomic mass is 31.2. The van der Waals surface area contributed by atoms with Crippen molar-refractivity contribution in [1.29, 1.82) is 0 Å². The maximum absolute atomic E-state index is 14.2. The summed E-state index contributed by atoms with van der Waals surface area (Å²) in [6.45, 7) is 15.7. The second-order valence-corrected chi connectivity index (χ2v) is 16.5. The molecule has 0 radical (unpaired) electrons. The quantitative estimate of drug-likeness (QED) is 0.166. The third kappa shape index (κ3) is 13.1. The van der Waals surface area contributed by atoms with Crippen molar-refractivity contribution >= 4 is 13.9 Å². The lowest BCUT2D eigenvalue weighted by Gasteiger charge is -2.36. The summed E-state index contributed by atoms with van der Waals surface area (Å²) in [6, 6.07) is 12.0. The van der Waals surface area contributed by atoms with E-state index in [-0.39, 0.29) is 31.8 Å². The van der Waals surface area contributed by atoms with Crippen LogP contribution >= 0.6 is 7.82 Å². The molecule has 2 aromatic rings. The van der Waals surface area contributed by atoms with Crippen LogP contribution in [-0.2, 0) is 41.9 Å². The Labute approximate surface area is 277 Å². The number of phosphoric ester groups is 1. The summed E-state index contributed by atoms with van der Waals surface area (Å²) in [5, 5.41) is 2.86. The van der Waals surface area contributed by atoms with Crippen LogP contribution in [0, 0.1) is 6.92 Å². The van der Waals surface area contributed by atoms with Gasteiger partial charge in [-0.05, 0) is 124 Å². The highest BCUT2D eigenvalue weighted by Crippen LogP contribution is 2.56. The summed E-state index contributed by atoms with van der Waals surface area (Å²) in [5.41, 5.74) is -1.98. The highest BCUT2D eigenvalue weighted by Gasteiger charge is 2.44. The standard InChI is InChI=1S/C35H51F3NO7P/c1-25-12-10-13-26(22-25)14-11-21-42-29-16-15-27(23-28(29)35(36,37)38)17-18-34(20-19-33(8,9)44-30(40)39-34)24-43-47(41,45-31(2,3)4)46-32(5,6)7/h10,12-13,15-16,22-23H,11,14,17-21,24H2,1-9H3,(H,39,40). The van der Waals surface area contributed by atoms with E-state index in [1.807, 2.05) is 31.2 Å². The molecule has 8 nitrogen and oxygen atoms in total. The molecule has 0 bridgehead atoms. The molecule has 3 rings (SSSR count). The van der Waals surface area contributed by atoms with E-state index < -0.39 is 48.0 Å². The molecule has 2 aromatic carbocycles. The molecule has 1 atom stereocenters. The molecule has 0 spiro atoms. The fourth-order valence-electron chi connectivity index (χ4n) is 5.25. The van der Waals surface area contributed by atoms with Crippen molar-refractivity contribution in [3.05, 3.63) is 64.7 Å². The second-order valence-electron chi connectivity index (χ2n) is 15.0. The Kier molecular flexibility index (Phi) is 12.3. The van der Waals surface area contributed by atoms with Crippen molar-refractivity contribution in [1.82, 2.24) is 5.32 Å². The minimum atomic E-state index is -4.64. The van der Waals surface area contributed by atoms with Gasteiger partial charge in [-0.15, -0.1) is 0 Å². The van der Waals surface area contributed by atoms with Crippen molar-refractivity contribution in [3.63, 3.8) is 0 Å². The first-order valence-corrected chi connectivity index (χ1v) is 17.5. The number of hydrogen-bond acceptors (Lipinski definition) is 7. The van der Waals surface area contributed by atoms with Gasteiger partial charge in [0.1, 0.15) is 11.4 Å². The molecule has 0 aromatic heterocycles. The van der Waals surface area contributed by atoms with Gasteiger partial charge in [0.15, 0.2) is 0 Å². The van der Waals surface area contributed by atoms with E-state index >= 15 is 0 Å². The van der Waals surface area contributed by atoms with Gasteiger partial charge in [-0.1, -0.05) is 35.9 Å². The largest absolute Gasteiger partial charge is 0.493 e. The van der Waals surface area contributed by atoms with Crippen LogP contribution in [0.15, 0.2) is 42.5 Å². The van der Waals surface area contributed by atoms with Gasteiger partial charge in [0, 0.05) is 0 Å². The van der Waals surface area contributed by atoms with E-state index in [4.69, 9.17) is 23.0 Å². The van der Waals surface area contributed by atoms with E-state index in [0.29, 0.717) is 31.2 Å². The van der Waals surface area contributed by atoms with E-state index in [1.54, 1.807) is 61.5 Å². The Hall–Kier alpha value is -2.59. The Morgan fingerprint density at radius 2 is 1.55 bits per heavy atom. The smallest absolute Gasteiger partial charge is 0.475 e. The van der Waals surface area contributed by atoms with Crippen molar-refractivity contribution in [3.8, 4) is 5.75 Å². The van der Waals surface area contributed by atoms with Crippen LogP contribution in [0.2, 0.25) is 0 Å². The molecule has 1 saturated heterocycles. The maximum atomic E-state index is 14.2. The molecular formula is C35H51F3NO7P. The summed E-state index contributed by atoms with van der Waals surface area (Å²) in [7, 11) is -4.16. The molecule has 1 amide bonds. The molecule has 47 heavy (non-hydrogen) atoms. The van der Waals surface area contributed by atoms with Crippen LogP contribution < -0.4 is 10.1 Å². The van der Waals surface area contributed by atoms with Crippen LogP contribution in [0.25, 0.3) is 0 Å². The zero-order valence-corrected chi connectivity index (χ0v) is 30.0. The Bertz CT molecular complexity index is 1400. The van der Waals surface area contributed by atoms with E-state index in [9.17, 15) is 22.5 Å². The van der Waals surface area contributed by atoms with Crippen LogP contribution in [0.4, 0.5) is 18.0 Å². The number of cyclic esters (lactones) is 1. The number of rotatable bonds is 13. The number of halogens is 3. The highest BCUT2D eigenvalue weighted by molar-refractivity contribution is 7.48. The van der Waals surface area contributed by atoms with Gasteiger partial charge in [-0.3, -0.25) is 13.6 Å². The predicted molar refractivity (Wildman–Crippen MR) is 176 cm³/mol. The summed E-state index contributed by atoms with van der Waals surface area (Å²) in [5.74, 6) is -0.235. The molecule has 1 fully saturated rings. The molecule has 0 aliphatic carbocycles. The van der Waals surface area contributed by atoms with Crippen molar-refractivity contribution in [2.75, 3.05) is 13.2 Å². The minimum Gasteiger partial charge on any atom is -0.493 e. The Balaban J connectivity index is 1.82. The molecule has 12 heteroatoms. The summed E-state index contributed by atoms with van der Waals surface area (Å²) in [4.78, 5) is 12.9. The molecule has 1 unspecified atom stereocenters. The predicted octanol–water partition coefficient (Wildman–Crippen LogP) is 9.75. The van der Waals surface area contributed by atoms with E-state index in [2.05, 4.69) is 5.32 Å². The summed E-state index contributed by atoms with van der Waals surface area (Å²) < 4.78 is 85.1. The molecular weight excluding hydrogens is 634 g/mol. The molecule has 0 saturated carbocycles. The van der Waals surface area contributed by atoms with Gasteiger partial charge in [0.05, 0.1) is 35.5 Å². The lowest BCUT2D eigenvalue weighted by molar-refractivity contribution is -0.139. The number of alkyl halides is 3. The third-order valence-corrected chi connectivity index (χ3v) is 9.39. The van der Waals surface area contributed by atoms with Gasteiger partial charge in [-0.2, -0.15) is 13.2 Å². The number of amides is 1. The molecule has 1 aliphatic rings. The topological polar surface area (TPSA) is 92.3 Å². The van der Waals surface area contributed by atoms with Crippen molar-refractivity contribution in [2.45, 2.75) is 129 Å². The number of hydrogen-bond donors (Lipinski definition) is 1. The number of carbonyl (C=O) groups is 1. The Morgan fingerprint density at radius 1 is 0.915 bits per heavy atom. The molecule has 1 aliphatic heterocycles. The molecule has 1 heterocycles. The van der Waals surface area contributed by atoms with E-state index in [1.165, 1.54) is 6.07 Å². The van der Waals surface area contributed by atoms with Crippen LogP contribution in [0.3, 0.4) is 0 Å². The maximum Gasteiger partial charge on any atom is 0.475 e. The van der Waals surface area contributed by atoms with Gasteiger partial charge in [-0.25, -0.2) is 9.36 Å². The van der Waals surface area contributed by atoms with Crippen molar-refractivity contribution < 1.29 is 45.6 Å². The number of nitrogens with one attached hydrogen (secondary N) is 1. The average Bonchev–Trinajstić information content (AvgIpc) is 3.01. The number of carbonyl (C=O) groups excluding carboxylic acids is 1. The third-order valence-electron chi connectivity index (χ3n) is 7.40. The number of phosphoric acid groups is 1. The van der Waals surface area contributed by atoms with Crippen LogP contribution in [0.5, 0.6) is 5.75 Å². The zero-order chi connectivity index (χ0) is 35.3. The van der Waals surface area contributed by atoms with Gasteiger partial charge < -0.3 is 14.8 Å². The van der Waals surface area contributed by atoms with Gasteiger partial charge in [0.25, 0.3) is 0 Å². The zero-order valence-electron chi connectivity index (χ0n) is 29.1. The number of benzene rings is 2. The number of alkyl carbamates (subject to hydrolysis) is 1. The van der Waals surface area contributed by atoms with Crippen LogP contribution in [0.1, 0.15) is 103 Å². The first-order chi connectivity index (χ1) is 21.5. The fourth-order valence-corrected chi connectivity index (χ4v) is 7.14. The van der Waals surface area contributed by atoms with Gasteiger partial charge >= 0.3 is 20.1 Å². The average molecular weight is 686 g/mol. The second kappa shape index (κ2) is 14.9. The Morgan fingerprint density at radius 3 is 2.15 bits per heavy atom. The lowest BCUT2D eigenvalue weighted by atomic mass is 9.84. The monoisotopic (exact) mass is 685 g/mol. The van der Waals surface area contributed by atoms with Gasteiger partial charge in [0.2, 0.25) is 0 Å². The SMILES string of the molecule is Cc1cccc(CCCOc2ccc(CCC3(COP(=O)(OC(C)(C)C)OC(C)(C)C)CCC(C)(C)OC(=O)N3)cc2C(F)(F)F)c1.